The third-order valence-corrected chi connectivity index (χ3v) is 3.70. The average Bonchev–Trinajstić information content (AvgIpc) is 2.97. The maximum atomic E-state index is 10.5. The maximum Gasteiger partial charge on any atom is 0.313 e. The molecule has 8 nitrogen and oxygen atoms in total. The number of aromatic nitrogens is 4. The average molecular weight is 274 g/mol. The van der Waals surface area contributed by atoms with Gasteiger partial charge in [0.25, 0.3) is 0 Å². The highest BCUT2D eigenvalue weighted by atomic mass is 32.2. The Bertz CT molecular complexity index is 418. The lowest BCUT2D eigenvalue weighted by molar-refractivity contribution is -0.133. The molecule has 0 amide bonds. The molecule has 1 aromatic rings. The molecule has 1 fully saturated rings. The maximum absolute atomic E-state index is 10.5. The molecule has 1 aromatic heterocycles. The second-order valence-electron chi connectivity index (χ2n) is 3.99. The minimum atomic E-state index is -0.903. The summed E-state index contributed by atoms with van der Waals surface area (Å²) in [5, 5.41) is 20.3. The Hall–Kier alpha value is -1.19. The number of carboxylic acids is 1. The molecule has 100 valence electrons. The van der Waals surface area contributed by atoms with Crippen molar-refractivity contribution in [2.75, 3.05) is 26.1 Å². The number of hydrogen-bond acceptors (Lipinski definition) is 7. The van der Waals surface area contributed by atoms with Crippen LogP contribution in [-0.4, -0.2) is 63.0 Å². The van der Waals surface area contributed by atoms with Crippen LogP contribution >= 0.6 is 11.8 Å². The van der Waals surface area contributed by atoms with E-state index in [0.717, 1.165) is 18.2 Å². The number of carbonyl (C=O) groups is 1. The molecule has 2 heterocycles. The summed E-state index contributed by atoms with van der Waals surface area (Å²) in [7, 11) is 1.63. The van der Waals surface area contributed by atoms with Crippen LogP contribution in [0.2, 0.25) is 0 Å². The molecule has 1 unspecified atom stereocenters. The van der Waals surface area contributed by atoms with Crippen LogP contribution in [0.3, 0.4) is 0 Å². The molecule has 0 aliphatic carbocycles. The lowest BCUT2D eigenvalue weighted by Gasteiger charge is -2.25. The van der Waals surface area contributed by atoms with Gasteiger partial charge in [0, 0.05) is 20.1 Å². The molecule has 1 aliphatic rings. The van der Waals surface area contributed by atoms with Gasteiger partial charge in [-0.25, -0.2) is 4.68 Å². The molecule has 1 atom stereocenters. The molecule has 0 saturated carbocycles. The van der Waals surface area contributed by atoms with E-state index >= 15 is 0 Å². The van der Waals surface area contributed by atoms with Gasteiger partial charge in [-0.15, -0.1) is 5.10 Å². The van der Waals surface area contributed by atoms with Crippen LogP contribution in [0.5, 0.6) is 0 Å². The quantitative estimate of drug-likeness (QED) is 0.703. The second kappa shape index (κ2) is 5.63. The van der Waals surface area contributed by atoms with Crippen molar-refractivity contribution in [3.8, 4) is 0 Å². The van der Waals surface area contributed by atoms with E-state index in [1.54, 1.807) is 11.8 Å². The van der Waals surface area contributed by atoms with Crippen molar-refractivity contribution < 1.29 is 19.4 Å². The van der Waals surface area contributed by atoms with Gasteiger partial charge < -0.3 is 14.6 Å². The van der Waals surface area contributed by atoms with Crippen molar-refractivity contribution in [3.05, 3.63) is 0 Å². The third kappa shape index (κ3) is 2.98. The van der Waals surface area contributed by atoms with Gasteiger partial charge in [-0.2, -0.15) is 0 Å². The molecule has 18 heavy (non-hydrogen) atoms. The van der Waals surface area contributed by atoms with E-state index in [9.17, 15) is 4.79 Å². The first-order chi connectivity index (χ1) is 8.65. The van der Waals surface area contributed by atoms with Crippen LogP contribution < -0.4 is 0 Å². The Kier molecular flexibility index (Phi) is 4.15. The monoisotopic (exact) mass is 274 g/mol. The first kappa shape index (κ1) is 13.2. The van der Waals surface area contributed by atoms with Crippen molar-refractivity contribution >= 4 is 17.7 Å². The van der Waals surface area contributed by atoms with Crippen LogP contribution in [0.15, 0.2) is 5.16 Å². The molecule has 1 saturated heterocycles. The van der Waals surface area contributed by atoms with Gasteiger partial charge in [-0.05, 0) is 10.4 Å². The number of aliphatic carboxylic acids is 1. The summed E-state index contributed by atoms with van der Waals surface area (Å²) in [6.45, 7) is 1.60. The summed E-state index contributed by atoms with van der Waals surface area (Å²) >= 11 is 1.09. The molecule has 1 aliphatic heterocycles. The molecule has 0 spiro atoms. The lowest BCUT2D eigenvalue weighted by Crippen LogP contribution is -2.37. The van der Waals surface area contributed by atoms with E-state index in [1.807, 2.05) is 0 Å². The van der Waals surface area contributed by atoms with E-state index in [1.165, 1.54) is 0 Å². The van der Waals surface area contributed by atoms with Crippen LogP contribution in [0.4, 0.5) is 0 Å². The SMILES string of the molecule is COC1(Cn2nnnc2SCC(=O)O)CCOC1. The molecular weight excluding hydrogens is 260 g/mol. The first-order valence-electron chi connectivity index (χ1n) is 5.39. The summed E-state index contributed by atoms with van der Waals surface area (Å²) in [5.41, 5.74) is -0.423. The molecular formula is C9H14N4O4S. The number of carboxylic acid groups (broad SMARTS) is 1. The number of nitrogens with zero attached hydrogens (tertiary/aromatic N) is 4. The fourth-order valence-electron chi connectivity index (χ4n) is 1.74. The van der Waals surface area contributed by atoms with Crippen molar-refractivity contribution in [1.29, 1.82) is 0 Å². The Morgan fingerprint density at radius 2 is 2.56 bits per heavy atom. The van der Waals surface area contributed by atoms with E-state index in [-0.39, 0.29) is 5.75 Å². The molecule has 0 radical (unpaired) electrons. The Balaban J connectivity index is 2.04. The minimum absolute atomic E-state index is 0.0726. The van der Waals surface area contributed by atoms with Crippen LogP contribution in [0, 0.1) is 0 Å². The third-order valence-electron chi connectivity index (χ3n) is 2.76. The molecule has 1 N–H and O–H groups in total. The highest BCUT2D eigenvalue weighted by molar-refractivity contribution is 7.99. The standard InChI is InChI=1S/C9H14N4O4S/c1-16-9(2-3-17-6-9)5-13-8(10-11-12-13)18-4-7(14)15/h2-6H2,1H3,(H,14,15). The van der Waals surface area contributed by atoms with E-state index in [0.29, 0.717) is 24.9 Å². The van der Waals surface area contributed by atoms with E-state index in [2.05, 4.69) is 15.5 Å². The van der Waals surface area contributed by atoms with Gasteiger partial charge in [-0.3, -0.25) is 4.79 Å². The normalized spacial score (nSPS) is 23.4. The second-order valence-corrected chi connectivity index (χ2v) is 4.93. The molecule has 9 heteroatoms. The molecule has 0 aromatic carbocycles. The zero-order valence-electron chi connectivity index (χ0n) is 9.90. The first-order valence-corrected chi connectivity index (χ1v) is 6.37. The number of tetrazole rings is 1. The smallest absolute Gasteiger partial charge is 0.313 e. The minimum Gasteiger partial charge on any atom is -0.481 e. The van der Waals surface area contributed by atoms with Gasteiger partial charge in [0.2, 0.25) is 5.16 Å². The number of hydrogen-bond donors (Lipinski definition) is 1. The van der Waals surface area contributed by atoms with Gasteiger partial charge in [0.1, 0.15) is 5.60 Å². The predicted molar refractivity (Wildman–Crippen MR) is 61.4 cm³/mol. The van der Waals surface area contributed by atoms with Crippen molar-refractivity contribution in [3.63, 3.8) is 0 Å². The van der Waals surface area contributed by atoms with Crippen LogP contribution in [0.25, 0.3) is 0 Å². The number of thioether (sulfide) groups is 1. The molecule has 0 bridgehead atoms. The number of methoxy groups -OCH3 is 1. The van der Waals surface area contributed by atoms with Gasteiger partial charge >= 0.3 is 5.97 Å². The van der Waals surface area contributed by atoms with Crippen LogP contribution in [-0.2, 0) is 20.8 Å². The highest BCUT2D eigenvalue weighted by Crippen LogP contribution is 2.26. The van der Waals surface area contributed by atoms with Gasteiger partial charge in [0.05, 0.1) is 18.9 Å². The fraction of sp³-hybridized carbons (Fsp3) is 0.778. The summed E-state index contributed by atoms with van der Waals surface area (Å²) in [5.74, 6) is -0.975. The Morgan fingerprint density at radius 3 is 3.17 bits per heavy atom. The Morgan fingerprint density at radius 1 is 1.72 bits per heavy atom. The van der Waals surface area contributed by atoms with Crippen LogP contribution in [0.1, 0.15) is 6.42 Å². The van der Waals surface area contributed by atoms with Gasteiger partial charge in [0.15, 0.2) is 0 Å². The van der Waals surface area contributed by atoms with E-state index in [4.69, 9.17) is 14.6 Å². The van der Waals surface area contributed by atoms with Crippen molar-refractivity contribution in [2.45, 2.75) is 23.7 Å². The van der Waals surface area contributed by atoms with Gasteiger partial charge in [-0.1, -0.05) is 11.8 Å². The highest BCUT2D eigenvalue weighted by Gasteiger charge is 2.36. The predicted octanol–water partition coefficient (Wildman–Crippen LogP) is -0.345. The summed E-state index contributed by atoms with van der Waals surface area (Å²) in [4.78, 5) is 10.5. The fourth-order valence-corrected chi connectivity index (χ4v) is 2.33. The lowest BCUT2D eigenvalue weighted by atomic mass is 10.0. The molecule has 2 rings (SSSR count). The summed E-state index contributed by atoms with van der Waals surface area (Å²) < 4.78 is 12.4. The zero-order valence-corrected chi connectivity index (χ0v) is 10.7. The zero-order chi connectivity index (χ0) is 13.0. The number of rotatable bonds is 6. The topological polar surface area (TPSA) is 99.4 Å². The summed E-state index contributed by atoms with van der Waals surface area (Å²) in [6.07, 6.45) is 0.770. The summed E-state index contributed by atoms with van der Waals surface area (Å²) in [6, 6.07) is 0. The van der Waals surface area contributed by atoms with Crippen molar-refractivity contribution in [2.24, 2.45) is 0 Å². The van der Waals surface area contributed by atoms with E-state index < -0.39 is 11.6 Å². The number of ether oxygens (including phenoxy) is 2. The largest absolute Gasteiger partial charge is 0.481 e. The Labute approximate surface area is 108 Å². The van der Waals surface area contributed by atoms with Crippen molar-refractivity contribution in [1.82, 2.24) is 20.2 Å².